The van der Waals surface area contributed by atoms with Gasteiger partial charge >= 0.3 is 0 Å². The van der Waals surface area contributed by atoms with E-state index in [0.29, 0.717) is 5.41 Å². The zero-order chi connectivity index (χ0) is 9.03. The van der Waals surface area contributed by atoms with Gasteiger partial charge in [-0.1, -0.05) is 32.9 Å². The Bertz CT molecular complexity index is 153. The number of nitrogens with zero attached hydrogens (tertiary/aromatic N) is 1. The van der Waals surface area contributed by atoms with Gasteiger partial charge in [0, 0.05) is 13.1 Å². The smallest absolute Gasteiger partial charge is 0.0163 e. The summed E-state index contributed by atoms with van der Waals surface area (Å²) >= 11 is 0. The van der Waals surface area contributed by atoms with E-state index < -0.39 is 0 Å². The van der Waals surface area contributed by atoms with Crippen LogP contribution in [0.2, 0.25) is 0 Å². The minimum Gasteiger partial charge on any atom is -0.299 e. The van der Waals surface area contributed by atoms with Crippen molar-refractivity contribution in [1.82, 2.24) is 4.90 Å². The maximum Gasteiger partial charge on any atom is 0.0163 e. The first-order valence-corrected chi connectivity index (χ1v) is 4.95. The standard InChI is InChI=1S/C11H21N/c1-11(2,3)7-10-12-8-5-4-6-9-12/h4-5H,6-10H2,1-3H3. The largest absolute Gasteiger partial charge is 0.299 e. The topological polar surface area (TPSA) is 3.24 Å². The van der Waals surface area contributed by atoms with E-state index in [-0.39, 0.29) is 0 Å². The minimum absolute atomic E-state index is 0.487. The molecule has 1 aliphatic heterocycles. The molecular formula is C11H21N. The Morgan fingerprint density at radius 1 is 1.25 bits per heavy atom. The van der Waals surface area contributed by atoms with Gasteiger partial charge < -0.3 is 0 Å². The first-order valence-electron chi connectivity index (χ1n) is 4.95. The predicted molar refractivity (Wildman–Crippen MR) is 54.3 cm³/mol. The van der Waals surface area contributed by atoms with Crippen molar-refractivity contribution >= 4 is 0 Å². The molecule has 0 amide bonds. The molecule has 70 valence electrons. The van der Waals surface area contributed by atoms with Crippen LogP contribution < -0.4 is 0 Å². The van der Waals surface area contributed by atoms with Crippen molar-refractivity contribution in [1.29, 1.82) is 0 Å². The molecule has 0 bridgehead atoms. The van der Waals surface area contributed by atoms with E-state index in [9.17, 15) is 0 Å². The summed E-state index contributed by atoms with van der Waals surface area (Å²) in [5, 5.41) is 0. The number of hydrogen-bond donors (Lipinski definition) is 0. The summed E-state index contributed by atoms with van der Waals surface area (Å²) in [5.41, 5.74) is 0.487. The summed E-state index contributed by atoms with van der Waals surface area (Å²) in [6, 6.07) is 0. The first kappa shape index (κ1) is 9.79. The van der Waals surface area contributed by atoms with Crippen LogP contribution in [0.25, 0.3) is 0 Å². The van der Waals surface area contributed by atoms with Crippen LogP contribution in [-0.2, 0) is 0 Å². The summed E-state index contributed by atoms with van der Waals surface area (Å²) in [5.74, 6) is 0. The highest BCUT2D eigenvalue weighted by Gasteiger charge is 2.13. The third kappa shape index (κ3) is 3.91. The van der Waals surface area contributed by atoms with Gasteiger partial charge in [-0.2, -0.15) is 0 Å². The van der Waals surface area contributed by atoms with Crippen LogP contribution >= 0.6 is 0 Å². The highest BCUT2D eigenvalue weighted by atomic mass is 15.1. The molecule has 1 nitrogen and oxygen atoms in total. The number of hydrogen-bond acceptors (Lipinski definition) is 1. The molecule has 0 atom stereocenters. The molecule has 0 fully saturated rings. The van der Waals surface area contributed by atoms with Gasteiger partial charge in [0.15, 0.2) is 0 Å². The van der Waals surface area contributed by atoms with Crippen LogP contribution in [0.5, 0.6) is 0 Å². The molecule has 1 heteroatoms. The Balaban J connectivity index is 2.19. The number of rotatable bonds is 2. The molecule has 0 spiro atoms. The van der Waals surface area contributed by atoms with Crippen molar-refractivity contribution in [3.05, 3.63) is 12.2 Å². The van der Waals surface area contributed by atoms with Gasteiger partial charge in [-0.15, -0.1) is 0 Å². The molecule has 1 heterocycles. The third-order valence-corrected chi connectivity index (χ3v) is 2.32. The monoisotopic (exact) mass is 167 g/mol. The summed E-state index contributed by atoms with van der Waals surface area (Å²) < 4.78 is 0. The van der Waals surface area contributed by atoms with E-state index in [2.05, 4.69) is 37.8 Å². The molecule has 12 heavy (non-hydrogen) atoms. The SMILES string of the molecule is CC(C)(C)CCN1CC=CCC1. The Morgan fingerprint density at radius 3 is 2.50 bits per heavy atom. The molecule has 0 unspecified atom stereocenters. The van der Waals surface area contributed by atoms with Crippen molar-refractivity contribution in [3.8, 4) is 0 Å². The van der Waals surface area contributed by atoms with Gasteiger partial charge in [-0.05, 0) is 24.8 Å². The van der Waals surface area contributed by atoms with Gasteiger partial charge in [0.1, 0.15) is 0 Å². The average Bonchev–Trinajstić information content (AvgIpc) is 2.02. The lowest BCUT2D eigenvalue weighted by Crippen LogP contribution is -2.30. The second-order valence-electron chi connectivity index (χ2n) is 4.87. The summed E-state index contributed by atoms with van der Waals surface area (Å²) in [6.45, 7) is 10.6. The lowest BCUT2D eigenvalue weighted by atomic mass is 9.92. The molecule has 0 aromatic heterocycles. The van der Waals surface area contributed by atoms with Gasteiger partial charge in [0.05, 0.1) is 0 Å². The molecule has 0 radical (unpaired) electrons. The van der Waals surface area contributed by atoms with Crippen molar-refractivity contribution in [3.63, 3.8) is 0 Å². The maximum absolute atomic E-state index is 2.53. The fourth-order valence-electron chi connectivity index (χ4n) is 1.39. The van der Waals surface area contributed by atoms with Gasteiger partial charge in [-0.25, -0.2) is 0 Å². The van der Waals surface area contributed by atoms with Crippen LogP contribution in [0.1, 0.15) is 33.6 Å². The zero-order valence-electron chi connectivity index (χ0n) is 8.64. The van der Waals surface area contributed by atoms with Gasteiger partial charge in [-0.3, -0.25) is 4.90 Å². The van der Waals surface area contributed by atoms with E-state index in [1.165, 1.54) is 25.9 Å². The Morgan fingerprint density at radius 2 is 2.00 bits per heavy atom. The lowest BCUT2D eigenvalue weighted by Gasteiger charge is -2.27. The van der Waals surface area contributed by atoms with Crippen molar-refractivity contribution < 1.29 is 0 Å². The van der Waals surface area contributed by atoms with E-state index >= 15 is 0 Å². The highest BCUT2D eigenvalue weighted by molar-refractivity contribution is 4.90. The first-order chi connectivity index (χ1) is 5.58. The Kier molecular flexibility index (Phi) is 3.33. The fourth-order valence-corrected chi connectivity index (χ4v) is 1.39. The Labute approximate surface area is 76.5 Å². The van der Waals surface area contributed by atoms with E-state index in [1.54, 1.807) is 0 Å². The van der Waals surface area contributed by atoms with Crippen molar-refractivity contribution in [2.75, 3.05) is 19.6 Å². The van der Waals surface area contributed by atoms with Crippen LogP contribution in [0.15, 0.2) is 12.2 Å². The molecule has 0 saturated heterocycles. The average molecular weight is 167 g/mol. The molecule has 0 aromatic carbocycles. The summed E-state index contributed by atoms with van der Waals surface area (Å²) in [7, 11) is 0. The van der Waals surface area contributed by atoms with E-state index in [0.717, 1.165) is 6.54 Å². The second-order valence-corrected chi connectivity index (χ2v) is 4.87. The zero-order valence-corrected chi connectivity index (χ0v) is 8.64. The van der Waals surface area contributed by atoms with Crippen LogP contribution in [0.3, 0.4) is 0 Å². The normalized spacial score (nSPS) is 19.9. The van der Waals surface area contributed by atoms with Crippen LogP contribution in [0, 0.1) is 5.41 Å². The lowest BCUT2D eigenvalue weighted by molar-refractivity contribution is 0.243. The van der Waals surface area contributed by atoms with Gasteiger partial charge in [0.25, 0.3) is 0 Å². The van der Waals surface area contributed by atoms with Gasteiger partial charge in [0.2, 0.25) is 0 Å². The molecule has 0 aromatic rings. The quantitative estimate of drug-likeness (QED) is 0.572. The van der Waals surface area contributed by atoms with Crippen molar-refractivity contribution in [2.45, 2.75) is 33.6 Å². The molecule has 1 aliphatic rings. The molecule has 0 aliphatic carbocycles. The van der Waals surface area contributed by atoms with Crippen molar-refractivity contribution in [2.24, 2.45) is 5.41 Å². The predicted octanol–water partition coefficient (Wildman–Crippen LogP) is 2.68. The molecular weight excluding hydrogens is 146 g/mol. The third-order valence-electron chi connectivity index (χ3n) is 2.32. The van der Waals surface area contributed by atoms with Crippen LogP contribution in [-0.4, -0.2) is 24.5 Å². The molecule has 0 N–H and O–H groups in total. The summed E-state index contributed by atoms with van der Waals surface area (Å²) in [6.07, 6.45) is 7.12. The Hall–Kier alpha value is -0.300. The molecule has 0 saturated carbocycles. The highest BCUT2D eigenvalue weighted by Crippen LogP contribution is 2.19. The van der Waals surface area contributed by atoms with E-state index in [4.69, 9.17) is 0 Å². The fraction of sp³-hybridized carbons (Fsp3) is 0.818. The minimum atomic E-state index is 0.487. The van der Waals surface area contributed by atoms with Crippen LogP contribution in [0.4, 0.5) is 0 Å². The second kappa shape index (κ2) is 4.08. The maximum atomic E-state index is 2.53. The summed E-state index contributed by atoms with van der Waals surface area (Å²) in [4.78, 5) is 2.53. The molecule has 1 rings (SSSR count). The van der Waals surface area contributed by atoms with E-state index in [1.807, 2.05) is 0 Å².